The molecule has 6 nitrogen and oxygen atoms in total. The van der Waals surface area contributed by atoms with Crippen molar-refractivity contribution >= 4 is 41.3 Å². The third kappa shape index (κ3) is 5.56. The van der Waals surface area contributed by atoms with Gasteiger partial charge in [0.05, 0.1) is 6.54 Å². The first-order valence-electron chi connectivity index (χ1n) is 6.94. The first kappa shape index (κ1) is 18.9. The highest BCUT2D eigenvalue weighted by Gasteiger charge is 2.08. The topological polar surface area (TPSA) is 67.1 Å². The van der Waals surface area contributed by atoms with Crippen molar-refractivity contribution in [1.82, 2.24) is 25.4 Å². The minimum Gasteiger partial charge on any atom is -0.354 e. The zero-order chi connectivity index (χ0) is 15.2. The van der Waals surface area contributed by atoms with Gasteiger partial charge in [-0.15, -0.1) is 35.3 Å². The molecule has 0 saturated carbocycles. The smallest absolute Gasteiger partial charge is 0.191 e. The Labute approximate surface area is 152 Å². The number of thiophene rings is 1. The summed E-state index contributed by atoms with van der Waals surface area (Å²) in [6.45, 7) is 4.89. The first-order valence-corrected chi connectivity index (χ1v) is 7.75. The standard InChI is InChI=1S/C14H22N6S.HI/c1-10(7-12-6-5-11(2)21-12)19-14(15-3)16-8-13-17-9-18-20(13)4;/h5-6,9-10H,7-8H2,1-4H3,(H2,15,16,19);1H. The van der Waals surface area contributed by atoms with E-state index in [1.165, 1.54) is 9.75 Å². The molecule has 0 spiro atoms. The molecule has 2 N–H and O–H groups in total. The van der Waals surface area contributed by atoms with Crippen LogP contribution >= 0.6 is 35.3 Å². The molecule has 0 aromatic carbocycles. The molecule has 1 atom stereocenters. The summed E-state index contributed by atoms with van der Waals surface area (Å²) >= 11 is 1.84. The molecule has 2 aromatic heterocycles. The van der Waals surface area contributed by atoms with Crippen molar-refractivity contribution in [1.29, 1.82) is 0 Å². The molecule has 0 saturated heterocycles. The number of aryl methyl sites for hydroxylation is 2. The highest BCUT2D eigenvalue weighted by atomic mass is 127. The Morgan fingerprint density at radius 3 is 2.77 bits per heavy atom. The van der Waals surface area contributed by atoms with E-state index in [1.54, 1.807) is 18.1 Å². The molecule has 0 fully saturated rings. The molecule has 22 heavy (non-hydrogen) atoms. The van der Waals surface area contributed by atoms with Crippen molar-refractivity contribution in [2.45, 2.75) is 32.9 Å². The normalized spacial score (nSPS) is 12.6. The van der Waals surface area contributed by atoms with E-state index in [-0.39, 0.29) is 24.0 Å². The summed E-state index contributed by atoms with van der Waals surface area (Å²) in [7, 11) is 3.65. The van der Waals surface area contributed by atoms with Crippen molar-refractivity contribution in [2.24, 2.45) is 12.0 Å². The van der Waals surface area contributed by atoms with Gasteiger partial charge in [-0.05, 0) is 26.0 Å². The number of nitrogens with zero attached hydrogens (tertiary/aromatic N) is 4. The van der Waals surface area contributed by atoms with E-state index in [9.17, 15) is 0 Å². The van der Waals surface area contributed by atoms with Gasteiger partial charge in [-0.2, -0.15) is 5.10 Å². The molecule has 8 heteroatoms. The number of aromatic nitrogens is 3. The van der Waals surface area contributed by atoms with Gasteiger partial charge in [-0.1, -0.05) is 0 Å². The number of nitrogens with one attached hydrogen (secondary N) is 2. The van der Waals surface area contributed by atoms with Gasteiger partial charge in [0.25, 0.3) is 0 Å². The van der Waals surface area contributed by atoms with Crippen LogP contribution in [0.25, 0.3) is 0 Å². The molecule has 1 unspecified atom stereocenters. The summed E-state index contributed by atoms with van der Waals surface area (Å²) in [6.07, 6.45) is 2.54. The number of hydrogen-bond donors (Lipinski definition) is 2. The maximum atomic E-state index is 4.24. The van der Waals surface area contributed by atoms with Gasteiger partial charge in [0.15, 0.2) is 5.96 Å². The largest absolute Gasteiger partial charge is 0.354 e. The maximum Gasteiger partial charge on any atom is 0.191 e. The van der Waals surface area contributed by atoms with Gasteiger partial charge in [0.2, 0.25) is 0 Å². The highest BCUT2D eigenvalue weighted by Crippen LogP contribution is 2.16. The SMILES string of the molecule is CN=C(NCc1ncnn1C)NC(C)Cc1ccc(C)s1.I. The van der Waals surface area contributed by atoms with E-state index in [0.717, 1.165) is 18.2 Å². The monoisotopic (exact) mass is 434 g/mol. The van der Waals surface area contributed by atoms with Gasteiger partial charge in [-0.25, -0.2) is 4.98 Å². The van der Waals surface area contributed by atoms with Crippen molar-refractivity contribution in [3.63, 3.8) is 0 Å². The van der Waals surface area contributed by atoms with Crippen LogP contribution < -0.4 is 10.6 Å². The zero-order valence-corrected chi connectivity index (χ0v) is 16.5. The summed E-state index contributed by atoms with van der Waals surface area (Å²) in [6, 6.07) is 4.66. The maximum absolute atomic E-state index is 4.24. The van der Waals surface area contributed by atoms with Crippen LogP contribution in [0.15, 0.2) is 23.5 Å². The van der Waals surface area contributed by atoms with Gasteiger partial charge in [0.1, 0.15) is 12.2 Å². The summed E-state index contributed by atoms with van der Waals surface area (Å²) < 4.78 is 1.75. The Balaban J connectivity index is 0.00000242. The summed E-state index contributed by atoms with van der Waals surface area (Å²) in [4.78, 5) is 11.2. The van der Waals surface area contributed by atoms with Crippen LogP contribution in [0, 0.1) is 6.92 Å². The zero-order valence-electron chi connectivity index (χ0n) is 13.3. The molecule has 0 bridgehead atoms. The molecule has 0 amide bonds. The van der Waals surface area contributed by atoms with Crippen LogP contribution in [0.3, 0.4) is 0 Å². The van der Waals surface area contributed by atoms with Gasteiger partial charge >= 0.3 is 0 Å². The fourth-order valence-corrected chi connectivity index (χ4v) is 3.04. The van der Waals surface area contributed by atoms with Crippen molar-refractivity contribution in [3.8, 4) is 0 Å². The van der Waals surface area contributed by atoms with Crippen molar-refractivity contribution in [3.05, 3.63) is 34.0 Å². The van der Waals surface area contributed by atoms with Crippen LogP contribution in [0.1, 0.15) is 22.5 Å². The van der Waals surface area contributed by atoms with E-state index in [2.05, 4.69) is 51.7 Å². The van der Waals surface area contributed by atoms with E-state index in [1.807, 2.05) is 18.4 Å². The lowest BCUT2D eigenvalue weighted by atomic mass is 10.2. The molecule has 0 aliphatic rings. The Morgan fingerprint density at radius 2 is 2.23 bits per heavy atom. The second-order valence-electron chi connectivity index (χ2n) is 4.99. The van der Waals surface area contributed by atoms with Crippen molar-refractivity contribution < 1.29 is 0 Å². The lowest BCUT2D eigenvalue weighted by Gasteiger charge is -2.17. The Morgan fingerprint density at radius 1 is 1.45 bits per heavy atom. The second kappa shape index (κ2) is 9.09. The molecule has 2 heterocycles. The molecule has 2 aromatic rings. The van der Waals surface area contributed by atoms with Crippen LogP contribution in [0.4, 0.5) is 0 Å². The molecular formula is C14H23IN6S. The minimum absolute atomic E-state index is 0. The van der Waals surface area contributed by atoms with Crippen LogP contribution in [0.5, 0.6) is 0 Å². The Hall–Kier alpha value is -1.16. The third-order valence-corrected chi connectivity index (χ3v) is 4.15. The van der Waals surface area contributed by atoms with Crippen LogP contribution in [-0.4, -0.2) is 33.8 Å². The van der Waals surface area contributed by atoms with E-state index >= 15 is 0 Å². The number of rotatable bonds is 5. The summed E-state index contributed by atoms with van der Waals surface area (Å²) in [5.74, 6) is 1.65. The molecule has 0 radical (unpaired) electrons. The first-order chi connectivity index (χ1) is 10.1. The van der Waals surface area contributed by atoms with E-state index < -0.39 is 0 Å². The average Bonchev–Trinajstić information content (AvgIpc) is 3.03. The molecule has 0 aliphatic heterocycles. The van der Waals surface area contributed by atoms with Gasteiger partial charge in [0, 0.05) is 36.3 Å². The minimum atomic E-state index is 0. The predicted octanol–water partition coefficient (Wildman–Crippen LogP) is 2.10. The highest BCUT2D eigenvalue weighted by molar-refractivity contribution is 14.0. The molecule has 122 valence electrons. The summed E-state index contributed by atoms with van der Waals surface area (Å²) in [5, 5.41) is 10.7. The number of halogens is 1. The van der Waals surface area contributed by atoms with Crippen LogP contribution in [-0.2, 0) is 20.0 Å². The molecule has 2 rings (SSSR count). The summed E-state index contributed by atoms with van der Waals surface area (Å²) in [5.41, 5.74) is 0. The van der Waals surface area contributed by atoms with E-state index in [4.69, 9.17) is 0 Å². The lowest BCUT2D eigenvalue weighted by Crippen LogP contribution is -2.42. The van der Waals surface area contributed by atoms with Crippen LogP contribution in [0.2, 0.25) is 0 Å². The van der Waals surface area contributed by atoms with Crippen molar-refractivity contribution in [2.75, 3.05) is 7.05 Å². The number of guanidine groups is 1. The second-order valence-corrected chi connectivity index (χ2v) is 6.36. The Bertz CT molecular complexity index is 606. The predicted molar refractivity (Wildman–Crippen MR) is 102 cm³/mol. The van der Waals surface area contributed by atoms with Gasteiger partial charge < -0.3 is 10.6 Å². The quantitative estimate of drug-likeness (QED) is 0.430. The fraction of sp³-hybridized carbons (Fsp3) is 0.500. The lowest BCUT2D eigenvalue weighted by molar-refractivity contribution is 0.630. The fourth-order valence-electron chi connectivity index (χ4n) is 2.02. The number of aliphatic imine (C=N–C) groups is 1. The third-order valence-electron chi connectivity index (χ3n) is 3.13. The Kier molecular flexibility index (Phi) is 7.80. The molecule has 0 aliphatic carbocycles. The molecular weight excluding hydrogens is 411 g/mol. The number of hydrogen-bond acceptors (Lipinski definition) is 4. The van der Waals surface area contributed by atoms with E-state index in [0.29, 0.717) is 12.6 Å². The van der Waals surface area contributed by atoms with Gasteiger partial charge in [-0.3, -0.25) is 9.67 Å². The average molecular weight is 434 g/mol.